The zero-order valence-corrected chi connectivity index (χ0v) is 3.27. The molecular formula is C2H2N2O3. The molecule has 0 atom stereocenters. The maximum Gasteiger partial charge on any atom is 0.276 e. The third kappa shape index (κ3) is 1.69. The maximum atomic E-state index is 9.38. The van der Waals surface area contributed by atoms with E-state index < -0.39 is 6.17 Å². The molecule has 0 heterocycles. The molecule has 0 saturated carbocycles. The summed E-state index contributed by atoms with van der Waals surface area (Å²) >= 11 is 0. The van der Waals surface area contributed by atoms with Crippen LogP contribution in [0.4, 0.5) is 0 Å². The van der Waals surface area contributed by atoms with Crippen LogP contribution in [0.15, 0.2) is 10.4 Å². The second-order valence-corrected chi connectivity index (χ2v) is 0.761. The van der Waals surface area contributed by atoms with Gasteiger partial charge in [0.1, 0.15) is 0 Å². The van der Waals surface area contributed by atoms with E-state index in [2.05, 4.69) is 0 Å². The Kier molecular flexibility index (Phi) is 2.58. The second kappa shape index (κ2) is 3.08. The van der Waals surface area contributed by atoms with Crippen LogP contribution in [0.5, 0.6) is 0 Å². The van der Waals surface area contributed by atoms with Gasteiger partial charge in [0.2, 0.25) is 0 Å². The molecule has 0 aromatic carbocycles. The van der Waals surface area contributed by atoms with E-state index in [0.717, 1.165) is 0 Å². The van der Waals surface area contributed by atoms with Crippen molar-refractivity contribution in [1.29, 1.82) is 0 Å². The Morgan fingerprint density at radius 2 is 1.71 bits per heavy atom. The average Bonchev–Trinajstić information content (AvgIpc) is 1.72. The molecule has 0 fully saturated rings. The number of carbonyl (C=O) groups excluding carboxylic acids is 1. The van der Waals surface area contributed by atoms with Crippen LogP contribution in [0, 0.1) is 9.81 Å². The SMILES string of the molecule is O=CC(N=O)N=O. The van der Waals surface area contributed by atoms with Crippen LogP contribution in [-0.2, 0) is 4.79 Å². The van der Waals surface area contributed by atoms with Gasteiger partial charge in [0, 0.05) is 0 Å². The highest BCUT2D eigenvalue weighted by Gasteiger charge is 2.01. The van der Waals surface area contributed by atoms with Gasteiger partial charge in [0.05, 0.1) is 0 Å². The second-order valence-electron chi connectivity index (χ2n) is 0.761. The van der Waals surface area contributed by atoms with E-state index in [1.54, 1.807) is 0 Å². The summed E-state index contributed by atoms with van der Waals surface area (Å²) < 4.78 is 0. The number of aldehydes is 1. The Morgan fingerprint density at radius 3 is 1.71 bits per heavy atom. The Balaban J connectivity index is 3.57. The van der Waals surface area contributed by atoms with Gasteiger partial charge in [0.25, 0.3) is 6.17 Å². The number of rotatable bonds is 3. The average molecular weight is 102 g/mol. The number of nitroso groups, excluding NO2 is 2. The smallest absolute Gasteiger partial charge is 0.276 e. The third-order valence-electron chi connectivity index (χ3n) is 0.338. The molecule has 7 heavy (non-hydrogen) atoms. The van der Waals surface area contributed by atoms with Gasteiger partial charge in [-0.25, -0.2) is 0 Å². The summed E-state index contributed by atoms with van der Waals surface area (Å²) in [5.74, 6) is 0. The van der Waals surface area contributed by atoms with Gasteiger partial charge in [-0.3, -0.25) is 4.79 Å². The number of hydrogen-bond acceptors (Lipinski definition) is 5. The predicted molar refractivity (Wildman–Crippen MR) is 21.4 cm³/mol. The van der Waals surface area contributed by atoms with E-state index in [1.807, 2.05) is 10.4 Å². The molecule has 0 N–H and O–H groups in total. The van der Waals surface area contributed by atoms with Gasteiger partial charge in [0.15, 0.2) is 6.29 Å². The fourth-order valence-corrected chi connectivity index (χ4v) is 0.0689. The summed E-state index contributed by atoms with van der Waals surface area (Å²) in [7, 11) is 0. The third-order valence-corrected chi connectivity index (χ3v) is 0.338. The largest absolute Gasteiger partial charge is 0.298 e. The first-order chi connectivity index (χ1) is 3.35. The van der Waals surface area contributed by atoms with Gasteiger partial charge in [-0.2, -0.15) is 0 Å². The molecule has 5 nitrogen and oxygen atoms in total. The highest BCUT2D eigenvalue weighted by molar-refractivity contribution is 5.56. The molecule has 0 aromatic heterocycles. The van der Waals surface area contributed by atoms with Crippen molar-refractivity contribution in [1.82, 2.24) is 0 Å². The molecule has 5 heteroatoms. The summed E-state index contributed by atoms with van der Waals surface area (Å²) in [5.41, 5.74) is 0. The minimum atomic E-state index is -1.56. The summed E-state index contributed by atoms with van der Waals surface area (Å²) in [4.78, 5) is 27.8. The van der Waals surface area contributed by atoms with Crippen LogP contribution < -0.4 is 0 Å². The highest BCUT2D eigenvalue weighted by atomic mass is 16.3. The lowest BCUT2D eigenvalue weighted by atomic mass is 10.6. The first-order valence-corrected chi connectivity index (χ1v) is 1.45. The van der Waals surface area contributed by atoms with Crippen LogP contribution in [0.2, 0.25) is 0 Å². The van der Waals surface area contributed by atoms with Gasteiger partial charge < -0.3 is 0 Å². The normalized spacial score (nSPS) is 8.14. The number of carbonyl (C=O) groups is 1. The van der Waals surface area contributed by atoms with Crippen LogP contribution in [-0.4, -0.2) is 12.5 Å². The summed E-state index contributed by atoms with van der Waals surface area (Å²) in [6.07, 6.45) is -1.49. The van der Waals surface area contributed by atoms with Crippen molar-refractivity contribution < 1.29 is 4.79 Å². The van der Waals surface area contributed by atoms with Crippen molar-refractivity contribution in [2.45, 2.75) is 6.17 Å². The highest BCUT2D eigenvalue weighted by Crippen LogP contribution is 1.82. The molecule has 0 unspecified atom stereocenters. The Morgan fingerprint density at radius 1 is 1.29 bits per heavy atom. The summed E-state index contributed by atoms with van der Waals surface area (Å²) in [6, 6.07) is 0. The van der Waals surface area contributed by atoms with Gasteiger partial charge in [-0.1, -0.05) is 0 Å². The lowest BCUT2D eigenvalue weighted by Gasteiger charge is -1.76. The van der Waals surface area contributed by atoms with Crippen molar-refractivity contribution in [3.8, 4) is 0 Å². The Bertz CT molecular complexity index is 71.9. The standard InChI is InChI=1S/C2H2N2O3/c5-1-2(3-6)4-7/h1-2H. The molecule has 0 bridgehead atoms. The van der Waals surface area contributed by atoms with Gasteiger partial charge in [-0.05, 0) is 10.4 Å². The minimum absolute atomic E-state index is 0.0694. The van der Waals surface area contributed by atoms with Crippen LogP contribution in [0.25, 0.3) is 0 Å². The van der Waals surface area contributed by atoms with E-state index in [0.29, 0.717) is 0 Å². The molecule has 0 aliphatic carbocycles. The zero-order valence-electron chi connectivity index (χ0n) is 3.27. The van der Waals surface area contributed by atoms with E-state index >= 15 is 0 Å². The quantitative estimate of drug-likeness (QED) is 0.373. The predicted octanol–water partition coefficient (Wildman–Crippen LogP) is 0.0442. The van der Waals surface area contributed by atoms with Crippen LogP contribution in [0.3, 0.4) is 0 Å². The minimum Gasteiger partial charge on any atom is -0.298 e. The molecule has 0 aliphatic rings. The van der Waals surface area contributed by atoms with E-state index in [1.165, 1.54) is 0 Å². The van der Waals surface area contributed by atoms with Crippen molar-refractivity contribution >= 4 is 6.29 Å². The maximum absolute atomic E-state index is 9.38. The van der Waals surface area contributed by atoms with Gasteiger partial charge in [-0.15, -0.1) is 9.81 Å². The summed E-state index contributed by atoms with van der Waals surface area (Å²) in [5, 5.41) is 4.06. The zero-order chi connectivity index (χ0) is 5.70. The molecule has 0 radical (unpaired) electrons. The monoisotopic (exact) mass is 102 g/mol. The molecule has 0 aromatic rings. The number of nitrogens with zero attached hydrogens (tertiary/aromatic N) is 2. The topological polar surface area (TPSA) is 75.9 Å². The first-order valence-electron chi connectivity index (χ1n) is 1.45. The molecule has 0 spiro atoms. The fraction of sp³-hybridized carbons (Fsp3) is 0.500. The van der Waals surface area contributed by atoms with Crippen molar-refractivity contribution in [3.63, 3.8) is 0 Å². The molecule has 38 valence electrons. The molecule has 0 saturated heterocycles. The summed E-state index contributed by atoms with van der Waals surface area (Å²) in [6.45, 7) is 0. The van der Waals surface area contributed by atoms with Crippen LogP contribution in [0.1, 0.15) is 0 Å². The lowest BCUT2D eigenvalue weighted by Crippen LogP contribution is -1.97. The Labute approximate surface area is 38.7 Å². The fourth-order valence-electron chi connectivity index (χ4n) is 0.0689. The van der Waals surface area contributed by atoms with E-state index in [-0.39, 0.29) is 6.29 Å². The molecular weight excluding hydrogens is 100 g/mol. The number of hydrogen-bond donors (Lipinski definition) is 0. The van der Waals surface area contributed by atoms with Crippen molar-refractivity contribution in [3.05, 3.63) is 9.81 Å². The van der Waals surface area contributed by atoms with E-state index in [9.17, 15) is 14.6 Å². The molecule has 0 aliphatic heterocycles. The van der Waals surface area contributed by atoms with Crippen LogP contribution >= 0.6 is 0 Å². The Hall–Kier alpha value is -1.13. The lowest BCUT2D eigenvalue weighted by molar-refractivity contribution is -0.108. The van der Waals surface area contributed by atoms with Crippen molar-refractivity contribution in [2.24, 2.45) is 10.4 Å². The molecule has 0 amide bonds. The van der Waals surface area contributed by atoms with E-state index in [4.69, 9.17) is 0 Å². The van der Waals surface area contributed by atoms with Crippen molar-refractivity contribution in [2.75, 3.05) is 0 Å². The van der Waals surface area contributed by atoms with Gasteiger partial charge >= 0.3 is 0 Å². The first kappa shape index (κ1) is 5.87. The molecule has 0 rings (SSSR count).